The molecule has 0 aliphatic carbocycles. The van der Waals surface area contributed by atoms with E-state index in [9.17, 15) is 0 Å². The Kier molecular flexibility index (Phi) is 72.8. The molecule has 86 valence electrons. The molecule has 0 amide bonds. The van der Waals surface area contributed by atoms with E-state index in [1.165, 1.54) is 0 Å². The molecular formula is C6H24N4O3. The average molecular weight is 200 g/mol. The number of hydrogen-bond donors (Lipinski definition) is 7. The van der Waals surface area contributed by atoms with Crippen LogP contribution in [-0.2, 0) is 0 Å². The maximum atomic E-state index is 7.75. The first-order valence-electron chi connectivity index (χ1n) is 3.67. The second-order valence-electron chi connectivity index (χ2n) is 1.54. The zero-order valence-electron chi connectivity index (χ0n) is 8.02. The Morgan fingerprint density at radius 2 is 0.692 bits per heavy atom. The van der Waals surface area contributed by atoms with Gasteiger partial charge < -0.3 is 38.7 Å². The highest BCUT2D eigenvalue weighted by Crippen LogP contribution is 1.33. The Morgan fingerprint density at radius 1 is 0.615 bits per heavy atom. The lowest BCUT2D eigenvalue weighted by Gasteiger charge is -1.71. The first-order chi connectivity index (χ1) is 5.74. The number of rotatable bonds is 3. The normalized spacial score (nSPS) is 6.92. The van der Waals surface area contributed by atoms with Crippen molar-refractivity contribution in [2.75, 3.05) is 39.5 Å². The van der Waals surface area contributed by atoms with E-state index in [0.29, 0.717) is 19.6 Å². The molecule has 0 bridgehead atoms. The SMILES string of the molecule is N.NCCO.NCCO.NCCO. The Bertz CT molecular complexity index is 35.4. The van der Waals surface area contributed by atoms with Crippen molar-refractivity contribution in [3.63, 3.8) is 0 Å². The topological polar surface area (TPSA) is 174 Å². The lowest BCUT2D eigenvalue weighted by Crippen LogP contribution is -2.02. The van der Waals surface area contributed by atoms with Crippen molar-refractivity contribution >= 4 is 0 Å². The van der Waals surface area contributed by atoms with E-state index < -0.39 is 0 Å². The minimum absolute atomic E-state index is 0. The van der Waals surface area contributed by atoms with Crippen molar-refractivity contribution in [1.29, 1.82) is 0 Å². The molecule has 0 fully saturated rings. The third-order valence-corrected chi connectivity index (χ3v) is 0.387. The van der Waals surface area contributed by atoms with Gasteiger partial charge >= 0.3 is 0 Å². The van der Waals surface area contributed by atoms with Gasteiger partial charge in [-0.05, 0) is 0 Å². The van der Waals surface area contributed by atoms with Crippen molar-refractivity contribution in [3.05, 3.63) is 0 Å². The van der Waals surface area contributed by atoms with E-state index in [1.807, 2.05) is 0 Å². The van der Waals surface area contributed by atoms with Crippen molar-refractivity contribution in [2.45, 2.75) is 0 Å². The number of hydrogen-bond acceptors (Lipinski definition) is 7. The van der Waals surface area contributed by atoms with Crippen molar-refractivity contribution in [1.82, 2.24) is 6.15 Å². The summed E-state index contributed by atoms with van der Waals surface area (Å²) in [4.78, 5) is 0. The second kappa shape index (κ2) is 41.2. The van der Waals surface area contributed by atoms with Crippen LogP contribution in [0.2, 0.25) is 0 Å². The fourth-order valence-corrected chi connectivity index (χ4v) is 0. The summed E-state index contributed by atoms with van der Waals surface area (Å²) in [5.74, 6) is 0. The monoisotopic (exact) mass is 200 g/mol. The molecule has 0 aromatic rings. The molecule has 0 aromatic carbocycles. The lowest BCUT2D eigenvalue weighted by molar-refractivity contribution is 0.306. The van der Waals surface area contributed by atoms with Gasteiger partial charge in [0, 0.05) is 19.6 Å². The maximum absolute atomic E-state index is 7.75. The van der Waals surface area contributed by atoms with E-state index in [2.05, 4.69) is 0 Å². The van der Waals surface area contributed by atoms with E-state index in [1.54, 1.807) is 0 Å². The largest absolute Gasteiger partial charge is 0.395 e. The summed E-state index contributed by atoms with van der Waals surface area (Å²) in [5.41, 5.74) is 14.3. The van der Waals surface area contributed by atoms with Crippen LogP contribution >= 0.6 is 0 Å². The molecule has 7 heteroatoms. The zero-order chi connectivity index (χ0) is 10.2. The van der Waals surface area contributed by atoms with Gasteiger partial charge in [0.25, 0.3) is 0 Å². The van der Waals surface area contributed by atoms with Crippen LogP contribution < -0.4 is 23.4 Å². The van der Waals surface area contributed by atoms with Gasteiger partial charge in [0.15, 0.2) is 0 Å². The van der Waals surface area contributed by atoms with Crippen molar-refractivity contribution < 1.29 is 15.3 Å². The standard InChI is InChI=1S/3C2H7NO.H3N/c3*3-1-2-4;/h3*4H,1-3H2;1H3. The van der Waals surface area contributed by atoms with Crippen LogP contribution in [0, 0.1) is 0 Å². The van der Waals surface area contributed by atoms with Crippen LogP contribution in [0.4, 0.5) is 0 Å². The van der Waals surface area contributed by atoms with Crippen LogP contribution in [-0.4, -0.2) is 54.8 Å². The van der Waals surface area contributed by atoms with E-state index in [4.69, 9.17) is 32.5 Å². The molecule has 0 aromatic heterocycles. The molecule has 0 aliphatic rings. The molecule has 13 heavy (non-hydrogen) atoms. The quantitative estimate of drug-likeness (QED) is 0.253. The van der Waals surface area contributed by atoms with Gasteiger partial charge in [0.1, 0.15) is 0 Å². The predicted molar refractivity (Wildman–Crippen MR) is 53.4 cm³/mol. The lowest BCUT2D eigenvalue weighted by atomic mass is 10.8. The molecule has 0 heterocycles. The average Bonchev–Trinajstić information content (AvgIpc) is 2.18. The number of aliphatic hydroxyl groups is 3. The van der Waals surface area contributed by atoms with Crippen molar-refractivity contribution in [3.8, 4) is 0 Å². The highest BCUT2D eigenvalue weighted by atomic mass is 16.3. The van der Waals surface area contributed by atoms with Gasteiger partial charge in [0.05, 0.1) is 19.8 Å². The molecule has 0 aliphatic heterocycles. The third kappa shape index (κ3) is 150. The molecule has 12 N–H and O–H groups in total. The molecule has 0 radical (unpaired) electrons. The fourth-order valence-electron chi connectivity index (χ4n) is 0. The van der Waals surface area contributed by atoms with Gasteiger partial charge in [-0.2, -0.15) is 0 Å². The highest BCUT2D eigenvalue weighted by molar-refractivity contribution is 4.18. The molecule has 0 unspecified atom stereocenters. The Hall–Kier alpha value is -0.280. The Morgan fingerprint density at radius 3 is 0.692 bits per heavy atom. The Balaban J connectivity index is -0.0000000450. The van der Waals surface area contributed by atoms with Gasteiger partial charge in [-0.25, -0.2) is 0 Å². The van der Waals surface area contributed by atoms with Crippen LogP contribution in [0.25, 0.3) is 0 Å². The van der Waals surface area contributed by atoms with E-state index in [0.717, 1.165) is 0 Å². The highest BCUT2D eigenvalue weighted by Gasteiger charge is 1.57. The van der Waals surface area contributed by atoms with Crippen LogP contribution in [0.5, 0.6) is 0 Å². The summed E-state index contributed by atoms with van der Waals surface area (Å²) in [7, 11) is 0. The third-order valence-electron chi connectivity index (χ3n) is 0.387. The summed E-state index contributed by atoms with van der Waals surface area (Å²) in [6, 6.07) is 0. The Labute approximate surface area is 79.1 Å². The van der Waals surface area contributed by atoms with Crippen LogP contribution in [0.15, 0.2) is 0 Å². The second-order valence-corrected chi connectivity index (χ2v) is 1.54. The maximum Gasteiger partial charge on any atom is 0.0553 e. The summed E-state index contributed by atoms with van der Waals surface area (Å²) in [5, 5.41) is 23.2. The first-order valence-corrected chi connectivity index (χ1v) is 3.67. The van der Waals surface area contributed by atoms with Crippen LogP contribution in [0.1, 0.15) is 0 Å². The van der Waals surface area contributed by atoms with Crippen molar-refractivity contribution in [2.24, 2.45) is 17.2 Å². The minimum atomic E-state index is 0. The summed E-state index contributed by atoms with van der Waals surface area (Å²) in [6.45, 7) is 1.42. The first kappa shape index (κ1) is 23.0. The molecular weight excluding hydrogens is 176 g/mol. The minimum Gasteiger partial charge on any atom is -0.395 e. The van der Waals surface area contributed by atoms with Crippen LogP contribution in [0.3, 0.4) is 0 Å². The smallest absolute Gasteiger partial charge is 0.0553 e. The van der Waals surface area contributed by atoms with E-state index >= 15 is 0 Å². The molecule has 7 nitrogen and oxygen atoms in total. The number of nitrogens with two attached hydrogens (primary N) is 3. The van der Waals surface area contributed by atoms with Gasteiger partial charge in [-0.15, -0.1) is 0 Å². The summed E-state index contributed by atoms with van der Waals surface area (Å²) >= 11 is 0. The molecule has 0 spiro atoms. The van der Waals surface area contributed by atoms with Gasteiger partial charge in [0.2, 0.25) is 0 Å². The molecule has 0 atom stereocenters. The zero-order valence-corrected chi connectivity index (χ0v) is 8.02. The summed E-state index contributed by atoms with van der Waals surface area (Å²) in [6.07, 6.45) is 0. The molecule has 0 saturated heterocycles. The van der Waals surface area contributed by atoms with Gasteiger partial charge in [-0.1, -0.05) is 0 Å². The number of aliphatic hydroxyl groups excluding tert-OH is 3. The molecule has 0 rings (SSSR count). The fraction of sp³-hybridized carbons (Fsp3) is 1.00. The predicted octanol–water partition coefficient (Wildman–Crippen LogP) is -3.03. The summed E-state index contributed by atoms with van der Waals surface area (Å²) < 4.78 is 0. The van der Waals surface area contributed by atoms with Gasteiger partial charge in [-0.3, -0.25) is 0 Å². The molecule has 0 saturated carbocycles. The van der Waals surface area contributed by atoms with E-state index in [-0.39, 0.29) is 26.0 Å².